The van der Waals surface area contributed by atoms with Gasteiger partial charge >= 0.3 is 0 Å². The lowest BCUT2D eigenvalue weighted by molar-refractivity contribution is -0.190. The van der Waals surface area contributed by atoms with Gasteiger partial charge in [0.25, 0.3) is 0 Å². The Labute approximate surface area is 123 Å². The van der Waals surface area contributed by atoms with E-state index in [1.54, 1.807) is 0 Å². The molecule has 0 aromatic heterocycles. The Kier molecular flexibility index (Phi) is 3.63. The lowest BCUT2D eigenvalue weighted by Gasteiger charge is -2.62. The number of ether oxygens (including phenoxy) is 1. The van der Waals surface area contributed by atoms with E-state index in [1.807, 2.05) is 12.1 Å². The molecule has 0 saturated heterocycles. The van der Waals surface area contributed by atoms with Crippen molar-refractivity contribution in [2.45, 2.75) is 54.1 Å². The van der Waals surface area contributed by atoms with Gasteiger partial charge in [-0.25, -0.2) is 0 Å². The minimum atomic E-state index is 0.209. The molecule has 2 rings (SSSR count). The van der Waals surface area contributed by atoms with Crippen LogP contribution < -0.4 is 4.74 Å². The first-order valence-electron chi connectivity index (χ1n) is 7.51. The summed E-state index contributed by atoms with van der Waals surface area (Å²) in [6, 6.07) is 6.10. The summed E-state index contributed by atoms with van der Waals surface area (Å²) in [5, 5.41) is 0. The summed E-state index contributed by atoms with van der Waals surface area (Å²) in [6.07, 6.45) is 6.71. The normalized spacial score (nSPS) is 26.4. The fourth-order valence-electron chi connectivity index (χ4n) is 3.79. The molecule has 1 aliphatic carbocycles. The lowest BCUT2D eigenvalue weighted by Crippen LogP contribution is -2.64. The van der Waals surface area contributed by atoms with Gasteiger partial charge in [-0.15, -0.1) is 6.42 Å². The summed E-state index contributed by atoms with van der Waals surface area (Å²) >= 11 is 0. The Hall–Kier alpha value is -1.42. The molecule has 0 aliphatic heterocycles. The van der Waals surface area contributed by atoms with Crippen LogP contribution >= 0.6 is 0 Å². The third-order valence-corrected chi connectivity index (χ3v) is 5.45. The predicted octanol–water partition coefficient (Wildman–Crippen LogP) is 4.68. The first-order chi connectivity index (χ1) is 9.25. The van der Waals surface area contributed by atoms with E-state index in [2.05, 4.69) is 53.5 Å². The van der Waals surface area contributed by atoms with Crippen LogP contribution in [0.5, 0.6) is 5.75 Å². The zero-order chi connectivity index (χ0) is 15.1. The molecule has 0 unspecified atom stereocenters. The van der Waals surface area contributed by atoms with Gasteiger partial charge in [-0.2, -0.15) is 0 Å². The number of terminal acetylenes is 1. The third-order valence-electron chi connectivity index (χ3n) is 5.45. The molecule has 1 saturated carbocycles. The molecular weight excluding hydrogens is 244 g/mol. The van der Waals surface area contributed by atoms with Crippen molar-refractivity contribution in [2.24, 2.45) is 16.7 Å². The summed E-state index contributed by atoms with van der Waals surface area (Å²) in [6.45, 7) is 13.6. The quantitative estimate of drug-likeness (QED) is 0.725. The Morgan fingerprint density at radius 3 is 2.30 bits per heavy atom. The molecule has 0 amide bonds. The van der Waals surface area contributed by atoms with Crippen molar-refractivity contribution in [1.29, 1.82) is 0 Å². The van der Waals surface area contributed by atoms with Gasteiger partial charge in [0.05, 0.1) is 0 Å². The van der Waals surface area contributed by atoms with Crippen molar-refractivity contribution in [3.63, 3.8) is 0 Å². The highest BCUT2D eigenvalue weighted by atomic mass is 16.5. The summed E-state index contributed by atoms with van der Waals surface area (Å²) < 4.78 is 6.32. The molecule has 1 heteroatoms. The van der Waals surface area contributed by atoms with Gasteiger partial charge in [-0.1, -0.05) is 47.5 Å². The van der Waals surface area contributed by atoms with Crippen LogP contribution in [0.1, 0.15) is 52.7 Å². The van der Waals surface area contributed by atoms with E-state index >= 15 is 0 Å². The Morgan fingerprint density at radius 1 is 1.20 bits per heavy atom. The van der Waals surface area contributed by atoms with Crippen molar-refractivity contribution in [1.82, 2.24) is 0 Å². The van der Waals surface area contributed by atoms with Crippen molar-refractivity contribution >= 4 is 0 Å². The van der Waals surface area contributed by atoms with Gasteiger partial charge in [0.2, 0.25) is 0 Å². The molecule has 1 aromatic rings. The number of hydrogen-bond acceptors (Lipinski definition) is 1. The van der Waals surface area contributed by atoms with Crippen LogP contribution in [0.15, 0.2) is 18.2 Å². The summed E-state index contributed by atoms with van der Waals surface area (Å²) in [5.74, 6) is 4.33. The molecule has 0 N–H and O–H groups in total. The topological polar surface area (TPSA) is 9.23 Å². The maximum absolute atomic E-state index is 6.32. The lowest BCUT2D eigenvalue weighted by atomic mass is 9.46. The van der Waals surface area contributed by atoms with Crippen LogP contribution in [-0.2, 0) is 6.42 Å². The van der Waals surface area contributed by atoms with Crippen LogP contribution in [0.25, 0.3) is 0 Å². The fraction of sp³-hybridized carbons (Fsp3) is 0.579. The fourth-order valence-corrected chi connectivity index (χ4v) is 3.79. The van der Waals surface area contributed by atoms with Crippen LogP contribution in [0, 0.1) is 29.1 Å². The Balaban J connectivity index is 2.25. The van der Waals surface area contributed by atoms with E-state index in [0.717, 1.165) is 17.7 Å². The van der Waals surface area contributed by atoms with Crippen LogP contribution in [-0.4, -0.2) is 6.10 Å². The van der Waals surface area contributed by atoms with E-state index in [9.17, 15) is 0 Å². The van der Waals surface area contributed by atoms with Crippen LogP contribution in [0.2, 0.25) is 0 Å². The third kappa shape index (κ3) is 2.12. The zero-order valence-corrected chi connectivity index (χ0v) is 13.6. The predicted molar refractivity (Wildman–Crippen MR) is 84.9 cm³/mol. The molecule has 0 atom stereocenters. The summed E-state index contributed by atoms with van der Waals surface area (Å²) in [5.41, 5.74) is 2.58. The molecule has 0 heterocycles. The van der Waals surface area contributed by atoms with E-state index in [4.69, 9.17) is 11.2 Å². The van der Waals surface area contributed by atoms with E-state index < -0.39 is 0 Å². The van der Waals surface area contributed by atoms with Crippen molar-refractivity contribution in [3.05, 3.63) is 29.3 Å². The average molecular weight is 270 g/mol. The molecule has 0 bridgehead atoms. The number of rotatable bonds is 3. The van der Waals surface area contributed by atoms with E-state index in [-0.39, 0.29) is 16.9 Å². The smallest absolute Gasteiger partial charge is 0.120 e. The molecule has 1 nitrogen and oxygen atoms in total. The molecular formula is C19H26O. The number of aryl methyl sites for hydroxylation is 1. The first kappa shape index (κ1) is 15.0. The Bertz CT molecular complexity index is 529. The van der Waals surface area contributed by atoms with Gasteiger partial charge in [0.1, 0.15) is 11.9 Å². The van der Waals surface area contributed by atoms with Crippen LogP contribution in [0.3, 0.4) is 0 Å². The highest BCUT2D eigenvalue weighted by molar-refractivity contribution is 5.44. The first-order valence-corrected chi connectivity index (χ1v) is 7.51. The van der Waals surface area contributed by atoms with Gasteiger partial charge in [0, 0.05) is 16.4 Å². The average Bonchev–Trinajstić information content (AvgIpc) is 2.43. The van der Waals surface area contributed by atoms with Gasteiger partial charge in [-0.05, 0) is 36.1 Å². The summed E-state index contributed by atoms with van der Waals surface area (Å²) in [7, 11) is 0. The van der Waals surface area contributed by atoms with Gasteiger partial charge in [-0.3, -0.25) is 0 Å². The van der Waals surface area contributed by atoms with Gasteiger partial charge in [0.15, 0.2) is 0 Å². The molecule has 0 spiro atoms. The molecule has 1 aliphatic rings. The monoisotopic (exact) mass is 270 g/mol. The van der Waals surface area contributed by atoms with Gasteiger partial charge < -0.3 is 4.74 Å². The zero-order valence-electron chi connectivity index (χ0n) is 13.6. The largest absolute Gasteiger partial charge is 0.489 e. The van der Waals surface area contributed by atoms with Crippen molar-refractivity contribution < 1.29 is 4.74 Å². The van der Waals surface area contributed by atoms with Crippen LogP contribution in [0.4, 0.5) is 0 Å². The maximum atomic E-state index is 6.32. The standard InChI is InChI=1S/C19H26O/c1-8-14-10-11-16(12-15(14)9-2)20-17-18(4,5)13(3)19(17,6)7/h1,10-13,17H,9H2,2-7H3. The molecule has 108 valence electrons. The maximum Gasteiger partial charge on any atom is 0.120 e. The van der Waals surface area contributed by atoms with Crippen molar-refractivity contribution in [2.75, 3.05) is 0 Å². The second-order valence-electron chi connectivity index (χ2n) is 7.18. The molecule has 1 fully saturated rings. The SMILES string of the molecule is C#Cc1ccc(OC2C(C)(C)C(C)C2(C)C)cc1CC. The highest BCUT2D eigenvalue weighted by Gasteiger charge is 2.61. The summed E-state index contributed by atoms with van der Waals surface area (Å²) in [4.78, 5) is 0. The minimum Gasteiger partial charge on any atom is -0.489 e. The second-order valence-corrected chi connectivity index (χ2v) is 7.18. The van der Waals surface area contributed by atoms with Crippen molar-refractivity contribution in [3.8, 4) is 18.1 Å². The number of hydrogen-bond donors (Lipinski definition) is 0. The minimum absolute atomic E-state index is 0.209. The Morgan fingerprint density at radius 2 is 1.80 bits per heavy atom. The molecule has 1 aromatic carbocycles. The second kappa shape index (κ2) is 4.85. The van der Waals surface area contributed by atoms with E-state index in [0.29, 0.717) is 5.92 Å². The molecule has 20 heavy (non-hydrogen) atoms. The number of benzene rings is 1. The van der Waals surface area contributed by atoms with E-state index in [1.165, 1.54) is 5.56 Å². The molecule has 0 radical (unpaired) electrons. The highest BCUT2D eigenvalue weighted by Crippen LogP contribution is 2.59.